The first-order chi connectivity index (χ1) is 50.7. The maximum atomic E-state index is 7.25. The van der Waals surface area contributed by atoms with E-state index in [1.54, 1.807) is 0 Å². The fourth-order valence-electron chi connectivity index (χ4n) is 15.2. The molecule has 0 N–H and O–H groups in total. The van der Waals surface area contributed by atoms with Crippen molar-refractivity contribution in [2.24, 2.45) is 0 Å². The Kier molecular flexibility index (Phi) is 81.3. The normalized spacial score (nSPS) is 11.6. The van der Waals surface area contributed by atoms with Crippen LogP contribution < -0.4 is 28.4 Å². The van der Waals surface area contributed by atoms with E-state index in [0.29, 0.717) is 74.1 Å². The maximum Gasteiger partial charge on any atom is 0.211 e. The minimum Gasteiger partial charge on any atom is -0.486 e. The average Bonchev–Trinajstić information content (AvgIpc) is 0.770. The largest absolute Gasteiger partial charge is 0.486 e. The molecule has 0 saturated carbocycles. The van der Waals surface area contributed by atoms with Gasteiger partial charge in [-0.15, -0.1) is 0 Å². The molecule has 0 aliphatic carbocycles. The van der Waals surface area contributed by atoms with E-state index in [2.05, 4.69) is 41.5 Å². The zero-order valence-corrected chi connectivity index (χ0v) is 70.8. The molecular formula is C96H186O6. The van der Waals surface area contributed by atoms with Crippen LogP contribution in [0.25, 0.3) is 0 Å². The number of hydrogen-bond donors (Lipinski definition) is 0. The van der Waals surface area contributed by atoms with Gasteiger partial charge in [0.05, 0.1) is 39.6 Å². The molecule has 0 fully saturated rings. The molecule has 0 amide bonds. The van der Waals surface area contributed by atoms with Gasteiger partial charge < -0.3 is 28.4 Å². The van der Waals surface area contributed by atoms with Crippen LogP contribution >= 0.6 is 0 Å². The van der Waals surface area contributed by atoms with Crippen LogP contribution in [-0.4, -0.2) is 39.6 Å². The van der Waals surface area contributed by atoms with Gasteiger partial charge in [0.25, 0.3) is 0 Å². The van der Waals surface area contributed by atoms with E-state index in [-0.39, 0.29) is 0 Å². The van der Waals surface area contributed by atoms with Gasteiger partial charge in [-0.1, -0.05) is 504 Å². The Morgan fingerprint density at radius 2 is 0.167 bits per heavy atom. The third kappa shape index (κ3) is 66.2. The summed E-state index contributed by atoms with van der Waals surface area (Å²) < 4.78 is 43.5. The molecule has 1 aromatic rings. The molecule has 0 spiro atoms. The molecule has 1 aromatic carbocycles. The van der Waals surface area contributed by atoms with E-state index in [0.717, 1.165) is 38.5 Å². The van der Waals surface area contributed by atoms with E-state index < -0.39 is 0 Å². The zero-order chi connectivity index (χ0) is 73.1. The van der Waals surface area contributed by atoms with Gasteiger partial charge in [0.15, 0.2) is 0 Å². The molecule has 0 aliphatic heterocycles. The summed E-state index contributed by atoms with van der Waals surface area (Å²) in [4.78, 5) is 0. The summed E-state index contributed by atoms with van der Waals surface area (Å²) in [5.74, 6) is 4.21. The van der Waals surface area contributed by atoms with Crippen LogP contribution in [0.2, 0.25) is 0 Å². The van der Waals surface area contributed by atoms with Gasteiger partial charge in [-0.05, 0) is 38.5 Å². The summed E-state index contributed by atoms with van der Waals surface area (Å²) in [6.45, 7) is 17.7. The fourth-order valence-corrected chi connectivity index (χ4v) is 15.2. The SMILES string of the molecule is CCCCCCCCCCCCCCCOc1c(OCCCCCCCCCCCCCCC)c(OCCCCCCCCCCCCCCC)c(OCCCCCCCCCCCCCCC)c(OCCCCCCCCCCCCCCC)c1OCCCCCCCCCCCCCCC. The first-order valence-corrected chi connectivity index (χ1v) is 47.7. The van der Waals surface area contributed by atoms with Crippen LogP contribution in [0.4, 0.5) is 0 Å². The third-order valence-electron chi connectivity index (χ3n) is 22.2. The Morgan fingerprint density at radius 1 is 0.0980 bits per heavy atom. The van der Waals surface area contributed by atoms with Crippen molar-refractivity contribution < 1.29 is 28.4 Å². The third-order valence-corrected chi connectivity index (χ3v) is 22.2. The smallest absolute Gasteiger partial charge is 0.211 e. The second-order valence-corrected chi connectivity index (χ2v) is 32.5. The van der Waals surface area contributed by atoms with Crippen LogP contribution in [0.5, 0.6) is 34.5 Å². The molecule has 0 bridgehead atoms. The summed E-state index contributed by atoms with van der Waals surface area (Å²) in [5, 5.41) is 0. The maximum absolute atomic E-state index is 7.25. The van der Waals surface area contributed by atoms with Gasteiger partial charge in [-0.25, -0.2) is 0 Å². The lowest BCUT2D eigenvalue weighted by atomic mass is 10.0. The molecule has 0 unspecified atom stereocenters. The number of hydrogen-bond acceptors (Lipinski definition) is 6. The average molecular weight is 1440 g/mol. The van der Waals surface area contributed by atoms with Crippen LogP contribution in [0.1, 0.15) is 542 Å². The standard InChI is InChI=1S/C96H186O6/c1-7-13-19-25-31-37-43-49-55-61-67-73-79-85-97-91-92(98-86-80-74-68-62-56-50-44-38-32-26-20-14-8-2)94(100-88-82-76-70-64-58-52-46-40-34-28-22-16-10-4)96(102-90-84-78-72-66-60-54-48-42-36-30-24-18-12-6)95(101-89-83-77-71-65-59-53-47-41-35-29-23-17-11-5)93(91)99-87-81-75-69-63-57-51-45-39-33-27-21-15-9-3/h7-90H2,1-6H3. The Balaban J connectivity index is 3.70. The van der Waals surface area contributed by atoms with Crippen molar-refractivity contribution in [2.45, 2.75) is 542 Å². The van der Waals surface area contributed by atoms with Gasteiger partial charge in [0, 0.05) is 0 Å². The van der Waals surface area contributed by atoms with Crippen LogP contribution in [0.3, 0.4) is 0 Å². The molecule has 0 saturated heterocycles. The molecule has 0 heterocycles. The lowest BCUT2D eigenvalue weighted by Crippen LogP contribution is -2.13. The highest BCUT2D eigenvalue weighted by atomic mass is 16.6. The van der Waals surface area contributed by atoms with Crippen LogP contribution in [0, 0.1) is 0 Å². The predicted octanol–water partition coefficient (Wildman–Crippen LogP) is 34.5. The number of benzene rings is 1. The molecular weight excluding hydrogens is 1250 g/mol. The second-order valence-electron chi connectivity index (χ2n) is 32.5. The monoisotopic (exact) mass is 1440 g/mol. The summed E-state index contributed by atoms with van der Waals surface area (Å²) in [7, 11) is 0. The lowest BCUT2D eigenvalue weighted by Gasteiger charge is -2.26. The van der Waals surface area contributed by atoms with Gasteiger partial charge >= 0.3 is 0 Å². The molecule has 1 rings (SSSR count). The Bertz CT molecular complexity index is 1390. The first kappa shape index (κ1) is 98.0. The number of unbranched alkanes of at least 4 members (excludes halogenated alkanes) is 72. The van der Waals surface area contributed by atoms with Gasteiger partial charge in [-0.2, -0.15) is 0 Å². The summed E-state index contributed by atoms with van der Waals surface area (Å²) >= 11 is 0. The number of rotatable bonds is 90. The minimum absolute atomic E-state index is 0.623. The summed E-state index contributed by atoms with van der Waals surface area (Å²) in [6.07, 6.45) is 104. The van der Waals surface area contributed by atoms with E-state index in [9.17, 15) is 0 Å². The Hall–Kier alpha value is -1.98. The highest BCUT2D eigenvalue weighted by Crippen LogP contribution is 2.58. The van der Waals surface area contributed by atoms with Gasteiger partial charge in [0.2, 0.25) is 34.5 Å². The highest BCUT2D eigenvalue weighted by molar-refractivity contribution is 5.73. The molecule has 0 aliphatic rings. The molecule has 6 nitrogen and oxygen atoms in total. The van der Waals surface area contributed by atoms with Crippen LogP contribution in [0.15, 0.2) is 0 Å². The topological polar surface area (TPSA) is 55.4 Å². The summed E-state index contributed by atoms with van der Waals surface area (Å²) in [5.41, 5.74) is 0. The molecule has 0 atom stereocenters. The quantitative estimate of drug-likeness (QED) is 0.0606. The Morgan fingerprint density at radius 3 is 0.245 bits per heavy atom. The fraction of sp³-hybridized carbons (Fsp3) is 0.938. The zero-order valence-electron chi connectivity index (χ0n) is 70.8. The van der Waals surface area contributed by atoms with Crippen molar-refractivity contribution in [3.8, 4) is 34.5 Å². The highest BCUT2D eigenvalue weighted by Gasteiger charge is 2.32. The predicted molar refractivity (Wildman–Crippen MR) is 454 cm³/mol. The van der Waals surface area contributed by atoms with Crippen molar-refractivity contribution in [3.05, 3.63) is 0 Å². The van der Waals surface area contributed by atoms with Gasteiger partial charge in [-0.3, -0.25) is 0 Å². The van der Waals surface area contributed by atoms with Crippen molar-refractivity contribution >= 4 is 0 Å². The molecule has 102 heavy (non-hydrogen) atoms. The molecule has 606 valence electrons. The molecule has 0 radical (unpaired) electrons. The minimum atomic E-state index is 0.623. The van der Waals surface area contributed by atoms with Gasteiger partial charge in [0.1, 0.15) is 0 Å². The Labute approximate surface area is 641 Å². The van der Waals surface area contributed by atoms with Crippen molar-refractivity contribution in [2.75, 3.05) is 39.6 Å². The van der Waals surface area contributed by atoms with E-state index in [4.69, 9.17) is 28.4 Å². The van der Waals surface area contributed by atoms with E-state index in [1.807, 2.05) is 0 Å². The van der Waals surface area contributed by atoms with Crippen LogP contribution in [-0.2, 0) is 0 Å². The lowest BCUT2D eigenvalue weighted by molar-refractivity contribution is 0.188. The van der Waals surface area contributed by atoms with Crippen molar-refractivity contribution in [3.63, 3.8) is 0 Å². The molecule has 6 heteroatoms. The molecule has 0 aromatic heterocycles. The second kappa shape index (κ2) is 84.6. The summed E-state index contributed by atoms with van der Waals surface area (Å²) in [6, 6.07) is 0. The van der Waals surface area contributed by atoms with E-state index >= 15 is 0 Å². The number of ether oxygens (including phenoxy) is 6. The van der Waals surface area contributed by atoms with Crippen molar-refractivity contribution in [1.29, 1.82) is 0 Å². The first-order valence-electron chi connectivity index (χ1n) is 47.7. The van der Waals surface area contributed by atoms with E-state index in [1.165, 1.54) is 462 Å². The van der Waals surface area contributed by atoms with Crippen molar-refractivity contribution in [1.82, 2.24) is 0 Å².